The van der Waals surface area contributed by atoms with Crippen molar-refractivity contribution in [3.63, 3.8) is 0 Å². The second-order valence-electron chi connectivity index (χ2n) is 5.23. The second-order valence-corrected chi connectivity index (χ2v) is 6.99. The molecule has 0 saturated carbocycles. The number of amides is 1. The van der Waals surface area contributed by atoms with Crippen molar-refractivity contribution in [2.75, 3.05) is 12.3 Å². The third-order valence-corrected chi connectivity index (χ3v) is 5.09. The highest BCUT2D eigenvalue weighted by molar-refractivity contribution is 7.90. The number of amidine groups is 1. The fraction of sp³-hybridized carbons (Fsp3) is 0.467. The molecular formula is C15H19N3O3S. The van der Waals surface area contributed by atoms with Gasteiger partial charge >= 0.3 is 0 Å². The summed E-state index contributed by atoms with van der Waals surface area (Å²) < 4.78 is 26.6. The zero-order valence-electron chi connectivity index (χ0n) is 12.7. The normalized spacial score (nSPS) is 19.6. The smallest absolute Gasteiger partial charge is 0.256 e. The largest absolute Gasteiger partial charge is 0.336 e. The van der Waals surface area contributed by atoms with E-state index in [4.69, 9.17) is 6.42 Å². The van der Waals surface area contributed by atoms with E-state index < -0.39 is 15.6 Å². The molecule has 0 aromatic carbocycles. The summed E-state index contributed by atoms with van der Waals surface area (Å²) in [6.07, 6.45) is 11.5. The van der Waals surface area contributed by atoms with Crippen LogP contribution in [0.5, 0.6) is 0 Å². The molecule has 0 atom stereocenters. The van der Waals surface area contributed by atoms with Gasteiger partial charge in [-0.1, -0.05) is 19.8 Å². The predicted molar refractivity (Wildman–Crippen MR) is 85.4 cm³/mol. The van der Waals surface area contributed by atoms with E-state index in [-0.39, 0.29) is 18.2 Å². The van der Waals surface area contributed by atoms with Crippen LogP contribution in [0.1, 0.15) is 26.7 Å². The van der Waals surface area contributed by atoms with Gasteiger partial charge in [0.2, 0.25) is 0 Å². The molecule has 2 heterocycles. The number of terminal acetylenes is 1. The summed E-state index contributed by atoms with van der Waals surface area (Å²) in [6, 6.07) is 0. The minimum absolute atomic E-state index is 0.0616. The van der Waals surface area contributed by atoms with Crippen molar-refractivity contribution in [2.45, 2.75) is 32.2 Å². The number of fused-ring (bicyclic) bond motifs is 1. The van der Waals surface area contributed by atoms with E-state index in [0.717, 1.165) is 0 Å². The first-order valence-electron chi connectivity index (χ1n) is 7.14. The molecule has 0 spiro atoms. The number of carbonyl (C=O) groups is 1. The van der Waals surface area contributed by atoms with Gasteiger partial charge in [0.1, 0.15) is 11.4 Å². The van der Waals surface area contributed by atoms with Crippen molar-refractivity contribution in [3.8, 4) is 12.3 Å². The quantitative estimate of drug-likeness (QED) is 0.777. The zero-order valence-corrected chi connectivity index (χ0v) is 13.5. The maximum Gasteiger partial charge on any atom is 0.256 e. The first kappa shape index (κ1) is 16.3. The number of carbonyl (C=O) groups excluding carboxylic acids is 1. The van der Waals surface area contributed by atoms with Gasteiger partial charge in [0.25, 0.3) is 15.9 Å². The van der Waals surface area contributed by atoms with Crippen LogP contribution in [-0.4, -0.2) is 42.9 Å². The molecule has 7 heteroatoms. The van der Waals surface area contributed by atoms with Crippen LogP contribution < -0.4 is 5.32 Å². The van der Waals surface area contributed by atoms with Crippen molar-refractivity contribution in [1.29, 1.82) is 0 Å². The van der Waals surface area contributed by atoms with Crippen molar-refractivity contribution in [2.24, 2.45) is 4.40 Å². The first-order valence-corrected chi connectivity index (χ1v) is 8.75. The third kappa shape index (κ3) is 3.22. The molecule has 2 aliphatic rings. The molecule has 1 N–H and O–H groups in total. The van der Waals surface area contributed by atoms with E-state index in [9.17, 15) is 13.2 Å². The van der Waals surface area contributed by atoms with Crippen LogP contribution >= 0.6 is 0 Å². The van der Waals surface area contributed by atoms with Crippen molar-refractivity contribution in [3.05, 3.63) is 23.9 Å². The Morgan fingerprint density at radius 1 is 1.45 bits per heavy atom. The average Bonchev–Trinajstić information content (AvgIpc) is 2.51. The number of nitrogens with one attached hydrogen (secondary N) is 1. The molecule has 118 valence electrons. The Kier molecular flexibility index (Phi) is 4.42. The van der Waals surface area contributed by atoms with Crippen molar-refractivity contribution in [1.82, 2.24) is 10.2 Å². The third-order valence-electron chi connectivity index (χ3n) is 3.92. The van der Waals surface area contributed by atoms with E-state index in [1.807, 2.05) is 13.8 Å². The molecule has 6 nitrogen and oxygen atoms in total. The van der Waals surface area contributed by atoms with Gasteiger partial charge in [0, 0.05) is 12.7 Å². The molecule has 0 aromatic heterocycles. The number of hydrogen-bond donors (Lipinski definition) is 1. The number of sulfonamides is 1. The van der Waals surface area contributed by atoms with Gasteiger partial charge in [-0.2, -0.15) is 0 Å². The van der Waals surface area contributed by atoms with Gasteiger partial charge in [-0.05, 0) is 25.0 Å². The summed E-state index contributed by atoms with van der Waals surface area (Å²) in [7, 11) is -3.39. The van der Waals surface area contributed by atoms with Crippen molar-refractivity contribution < 1.29 is 13.2 Å². The van der Waals surface area contributed by atoms with E-state index >= 15 is 0 Å². The highest BCUT2D eigenvalue weighted by Crippen LogP contribution is 2.18. The zero-order chi connectivity index (χ0) is 16.4. The first-order chi connectivity index (χ1) is 10.3. The molecular weight excluding hydrogens is 302 g/mol. The molecule has 0 aliphatic carbocycles. The average molecular weight is 321 g/mol. The topological polar surface area (TPSA) is 78.8 Å². The molecule has 1 amide bonds. The summed E-state index contributed by atoms with van der Waals surface area (Å²) in [5.74, 6) is 2.65. The van der Waals surface area contributed by atoms with E-state index in [1.165, 1.54) is 6.08 Å². The van der Waals surface area contributed by atoms with Gasteiger partial charge in [-0.15, -0.1) is 10.8 Å². The summed E-state index contributed by atoms with van der Waals surface area (Å²) >= 11 is 0. The fourth-order valence-electron chi connectivity index (χ4n) is 2.29. The molecule has 0 fully saturated rings. The summed E-state index contributed by atoms with van der Waals surface area (Å²) in [5, 5.41) is 2.88. The van der Waals surface area contributed by atoms with Crippen LogP contribution in [0, 0.1) is 12.3 Å². The lowest BCUT2D eigenvalue weighted by atomic mass is 9.93. The standard InChI is InChI=1S/C15H19N3O3S/c1-4-15(5-2,6-3)16-14(19)12-7-8-13-17-22(20,21)10-9-18(13)11-12/h1,7-8,11H,5-6,9-10H2,2-3H3,(H,16,19). The molecule has 0 saturated heterocycles. The van der Waals surface area contributed by atoms with Crippen LogP contribution in [-0.2, 0) is 14.8 Å². The minimum Gasteiger partial charge on any atom is -0.336 e. The number of rotatable bonds is 4. The van der Waals surface area contributed by atoms with Crippen LogP contribution in [0.2, 0.25) is 0 Å². The molecule has 2 rings (SSSR count). The Balaban J connectivity index is 2.19. The van der Waals surface area contributed by atoms with Gasteiger partial charge in [-0.3, -0.25) is 4.79 Å². The Morgan fingerprint density at radius 3 is 2.73 bits per heavy atom. The molecule has 0 aromatic rings. The highest BCUT2D eigenvalue weighted by Gasteiger charge is 2.29. The molecule has 0 unspecified atom stereocenters. The minimum atomic E-state index is -3.39. The Hall–Kier alpha value is -2.07. The molecule has 0 radical (unpaired) electrons. The van der Waals surface area contributed by atoms with Crippen LogP contribution in [0.25, 0.3) is 0 Å². The van der Waals surface area contributed by atoms with Crippen LogP contribution in [0.15, 0.2) is 28.3 Å². The maximum atomic E-state index is 12.4. The lowest BCUT2D eigenvalue weighted by Crippen LogP contribution is -2.47. The molecule has 0 bridgehead atoms. The van der Waals surface area contributed by atoms with E-state index in [1.54, 1.807) is 17.2 Å². The monoisotopic (exact) mass is 321 g/mol. The van der Waals surface area contributed by atoms with Gasteiger partial charge < -0.3 is 10.2 Å². The molecule has 22 heavy (non-hydrogen) atoms. The lowest BCUT2D eigenvalue weighted by Gasteiger charge is -2.30. The Morgan fingerprint density at radius 2 is 2.14 bits per heavy atom. The van der Waals surface area contributed by atoms with Gasteiger partial charge in [-0.25, -0.2) is 8.42 Å². The lowest BCUT2D eigenvalue weighted by molar-refractivity contribution is -0.118. The van der Waals surface area contributed by atoms with Crippen LogP contribution in [0.3, 0.4) is 0 Å². The fourth-order valence-corrected chi connectivity index (χ4v) is 3.26. The van der Waals surface area contributed by atoms with Gasteiger partial charge in [0.05, 0.1) is 11.3 Å². The highest BCUT2D eigenvalue weighted by atomic mass is 32.2. The van der Waals surface area contributed by atoms with Crippen LogP contribution in [0.4, 0.5) is 0 Å². The summed E-state index contributed by atoms with van der Waals surface area (Å²) in [4.78, 5) is 14.0. The number of nitrogens with zero attached hydrogens (tertiary/aromatic N) is 2. The van der Waals surface area contributed by atoms with Crippen molar-refractivity contribution >= 4 is 21.8 Å². The predicted octanol–water partition coefficient (Wildman–Crippen LogP) is 0.792. The SMILES string of the molecule is C#CC(CC)(CC)NC(=O)C1=CN2CCS(=O)(=O)N=C2C=C1. The Labute approximate surface area is 131 Å². The van der Waals surface area contributed by atoms with E-state index in [0.29, 0.717) is 24.3 Å². The maximum absolute atomic E-state index is 12.4. The van der Waals surface area contributed by atoms with E-state index in [2.05, 4.69) is 15.6 Å². The molecule has 2 aliphatic heterocycles. The number of hydrogen-bond acceptors (Lipinski definition) is 4. The summed E-state index contributed by atoms with van der Waals surface area (Å²) in [6.45, 7) is 4.13. The summed E-state index contributed by atoms with van der Waals surface area (Å²) in [5.41, 5.74) is -0.231. The Bertz CT molecular complexity index is 707. The van der Waals surface area contributed by atoms with Gasteiger partial charge in [0.15, 0.2) is 0 Å². The second kappa shape index (κ2) is 5.97.